The van der Waals surface area contributed by atoms with Crippen molar-refractivity contribution in [2.45, 2.75) is 31.6 Å². The van der Waals surface area contributed by atoms with Crippen molar-refractivity contribution >= 4 is 21.7 Å². The minimum absolute atomic E-state index is 0.0450. The zero-order chi connectivity index (χ0) is 17.4. The van der Waals surface area contributed by atoms with E-state index in [1.807, 2.05) is 0 Å². The first-order chi connectivity index (χ1) is 10.6. The molecular formula is C14H18N2O6S. The quantitative estimate of drug-likeness (QED) is 0.657. The Labute approximate surface area is 133 Å². The highest BCUT2D eigenvalue weighted by molar-refractivity contribution is 7.89. The lowest BCUT2D eigenvalue weighted by Gasteiger charge is -2.29. The maximum absolute atomic E-state index is 12.7. The fourth-order valence-electron chi connectivity index (χ4n) is 2.61. The molecule has 0 atom stereocenters. The SMILES string of the molecule is Cc1cc([N+](=O)[O-])c(S(=O)(=O)N2CCC(C(=O)O)CC2)cc1C. The number of piperidine rings is 1. The lowest BCUT2D eigenvalue weighted by Crippen LogP contribution is -2.40. The monoisotopic (exact) mass is 342 g/mol. The molecule has 0 aliphatic carbocycles. The molecule has 0 radical (unpaired) electrons. The largest absolute Gasteiger partial charge is 0.481 e. The maximum Gasteiger partial charge on any atom is 0.306 e. The molecule has 1 saturated heterocycles. The molecule has 1 aromatic carbocycles. The minimum Gasteiger partial charge on any atom is -0.481 e. The van der Waals surface area contributed by atoms with Crippen LogP contribution < -0.4 is 0 Å². The van der Waals surface area contributed by atoms with Crippen LogP contribution in [-0.4, -0.2) is 41.8 Å². The Bertz CT molecular complexity index is 751. The van der Waals surface area contributed by atoms with E-state index in [0.717, 1.165) is 4.31 Å². The lowest BCUT2D eigenvalue weighted by atomic mass is 9.99. The summed E-state index contributed by atoms with van der Waals surface area (Å²) in [6, 6.07) is 2.57. The number of hydrogen-bond donors (Lipinski definition) is 1. The number of aliphatic carboxylic acids is 1. The van der Waals surface area contributed by atoms with Crippen molar-refractivity contribution in [2.75, 3.05) is 13.1 Å². The van der Waals surface area contributed by atoms with E-state index < -0.39 is 32.5 Å². The summed E-state index contributed by atoms with van der Waals surface area (Å²) in [6.07, 6.45) is 0.403. The van der Waals surface area contributed by atoms with Gasteiger partial charge in [0, 0.05) is 19.2 Å². The van der Waals surface area contributed by atoms with Crippen molar-refractivity contribution in [3.05, 3.63) is 33.4 Å². The Kier molecular flexibility index (Phi) is 4.71. The lowest BCUT2D eigenvalue weighted by molar-refractivity contribution is -0.387. The second-order valence-corrected chi connectivity index (χ2v) is 7.58. The molecule has 1 aromatic rings. The number of carboxylic acids is 1. The molecule has 0 amide bonds. The normalized spacial score (nSPS) is 17.1. The Balaban J connectivity index is 2.39. The van der Waals surface area contributed by atoms with Gasteiger partial charge in [-0.15, -0.1) is 0 Å². The van der Waals surface area contributed by atoms with Crippen molar-refractivity contribution in [3.63, 3.8) is 0 Å². The van der Waals surface area contributed by atoms with Gasteiger partial charge in [-0.2, -0.15) is 4.31 Å². The molecule has 9 heteroatoms. The highest BCUT2D eigenvalue weighted by Crippen LogP contribution is 2.31. The third-order valence-electron chi connectivity index (χ3n) is 4.19. The van der Waals surface area contributed by atoms with Crippen molar-refractivity contribution in [3.8, 4) is 0 Å². The number of nitro groups is 1. The average Bonchev–Trinajstić information content (AvgIpc) is 2.49. The second-order valence-electron chi connectivity index (χ2n) is 5.68. The predicted molar refractivity (Wildman–Crippen MR) is 81.7 cm³/mol. The number of carbonyl (C=O) groups is 1. The van der Waals surface area contributed by atoms with Crippen LogP contribution in [0.3, 0.4) is 0 Å². The summed E-state index contributed by atoms with van der Waals surface area (Å²) in [7, 11) is -4.03. The third kappa shape index (κ3) is 3.35. The summed E-state index contributed by atoms with van der Waals surface area (Å²) in [4.78, 5) is 21.1. The van der Waals surface area contributed by atoms with Crippen LogP contribution in [0.25, 0.3) is 0 Å². The van der Waals surface area contributed by atoms with E-state index in [-0.39, 0.29) is 30.8 Å². The van der Waals surface area contributed by atoms with Gasteiger partial charge in [-0.1, -0.05) is 0 Å². The molecular weight excluding hydrogens is 324 g/mol. The van der Waals surface area contributed by atoms with Gasteiger partial charge in [-0.05, 0) is 43.9 Å². The first kappa shape index (κ1) is 17.4. The van der Waals surface area contributed by atoms with Crippen LogP contribution in [0.15, 0.2) is 17.0 Å². The van der Waals surface area contributed by atoms with E-state index in [1.165, 1.54) is 12.1 Å². The minimum atomic E-state index is -4.03. The molecule has 23 heavy (non-hydrogen) atoms. The Morgan fingerprint density at radius 3 is 2.26 bits per heavy atom. The summed E-state index contributed by atoms with van der Waals surface area (Å²) >= 11 is 0. The number of carboxylic acid groups (broad SMARTS) is 1. The first-order valence-corrected chi connectivity index (χ1v) is 8.57. The molecule has 0 unspecified atom stereocenters. The van der Waals surface area contributed by atoms with Gasteiger partial charge in [-0.3, -0.25) is 14.9 Å². The van der Waals surface area contributed by atoms with Crippen LogP contribution in [-0.2, 0) is 14.8 Å². The average molecular weight is 342 g/mol. The number of rotatable bonds is 4. The fourth-order valence-corrected chi connectivity index (χ4v) is 4.30. The van der Waals surface area contributed by atoms with E-state index in [0.29, 0.717) is 11.1 Å². The van der Waals surface area contributed by atoms with Gasteiger partial charge in [0.25, 0.3) is 5.69 Å². The summed E-state index contributed by atoms with van der Waals surface area (Å²) in [5.74, 6) is -1.52. The zero-order valence-corrected chi connectivity index (χ0v) is 13.7. The number of benzene rings is 1. The van der Waals surface area contributed by atoms with Crippen LogP contribution >= 0.6 is 0 Å². The molecule has 1 fully saturated rings. The van der Waals surface area contributed by atoms with Crippen LogP contribution in [0.4, 0.5) is 5.69 Å². The topological polar surface area (TPSA) is 118 Å². The summed E-state index contributed by atoms with van der Waals surface area (Å²) in [6.45, 7) is 3.46. The molecule has 0 spiro atoms. The number of nitro benzene ring substituents is 1. The maximum atomic E-state index is 12.7. The summed E-state index contributed by atoms with van der Waals surface area (Å²) < 4.78 is 26.6. The Morgan fingerprint density at radius 1 is 1.26 bits per heavy atom. The first-order valence-electron chi connectivity index (χ1n) is 7.13. The number of hydrogen-bond acceptors (Lipinski definition) is 5. The van der Waals surface area contributed by atoms with E-state index >= 15 is 0 Å². The van der Waals surface area contributed by atoms with Crippen LogP contribution in [0, 0.1) is 29.9 Å². The molecule has 0 aromatic heterocycles. The van der Waals surface area contributed by atoms with Crippen LogP contribution in [0.5, 0.6) is 0 Å². The molecule has 1 N–H and O–H groups in total. The van der Waals surface area contributed by atoms with Gasteiger partial charge in [-0.25, -0.2) is 8.42 Å². The molecule has 1 heterocycles. The standard InChI is InChI=1S/C14H18N2O6S/c1-9-7-12(16(19)20)13(8-10(9)2)23(21,22)15-5-3-11(4-6-15)14(17)18/h7-8,11H,3-6H2,1-2H3,(H,17,18). The highest BCUT2D eigenvalue weighted by atomic mass is 32.2. The predicted octanol–water partition coefficient (Wildman–Crippen LogP) is 1.70. The number of nitrogens with zero attached hydrogens (tertiary/aromatic N) is 2. The van der Waals surface area contributed by atoms with Crippen LogP contribution in [0.1, 0.15) is 24.0 Å². The Morgan fingerprint density at radius 2 is 1.78 bits per heavy atom. The van der Waals surface area contributed by atoms with Crippen molar-refractivity contribution in [1.29, 1.82) is 0 Å². The van der Waals surface area contributed by atoms with Crippen molar-refractivity contribution < 1.29 is 23.2 Å². The zero-order valence-electron chi connectivity index (χ0n) is 12.9. The summed E-state index contributed by atoms with van der Waals surface area (Å²) in [5, 5.41) is 20.2. The van der Waals surface area contributed by atoms with E-state index in [2.05, 4.69) is 0 Å². The van der Waals surface area contributed by atoms with Gasteiger partial charge in [0.1, 0.15) is 0 Å². The highest BCUT2D eigenvalue weighted by Gasteiger charge is 2.36. The molecule has 1 aliphatic rings. The van der Waals surface area contributed by atoms with Gasteiger partial charge < -0.3 is 5.11 Å². The molecule has 126 valence electrons. The van der Waals surface area contributed by atoms with Gasteiger partial charge in [0.2, 0.25) is 10.0 Å². The van der Waals surface area contributed by atoms with Crippen molar-refractivity contribution in [1.82, 2.24) is 4.31 Å². The van der Waals surface area contributed by atoms with Gasteiger partial charge >= 0.3 is 5.97 Å². The van der Waals surface area contributed by atoms with Gasteiger partial charge in [0.15, 0.2) is 4.90 Å². The number of aryl methyl sites for hydroxylation is 2. The smallest absolute Gasteiger partial charge is 0.306 e. The summed E-state index contributed by atoms with van der Waals surface area (Å²) in [5.41, 5.74) is 0.836. The van der Waals surface area contributed by atoms with E-state index in [4.69, 9.17) is 5.11 Å². The number of sulfonamides is 1. The van der Waals surface area contributed by atoms with Crippen molar-refractivity contribution in [2.24, 2.45) is 5.92 Å². The second kappa shape index (κ2) is 6.25. The third-order valence-corrected chi connectivity index (χ3v) is 6.12. The molecule has 2 rings (SSSR count). The van der Waals surface area contributed by atoms with E-state index in [1.54, 1.807) is 13.8 Å². The van der Waals surface area contributed by atoms with Crippen LogP contribution in [0.2, 0.25) is 0 Å². The molecule has 1 aliphatic heterocycles. The fraction of sp³-hybridized carbons (Fsp3) is 0.500. The van der Waals surface area contributed by atoms with Gasteiger partial charge in [0.05, 0.1) is 10.8 Å². The molecule has 0 saturated carbocycles. The Hall–Kier alpha value is -2.00. The molecule has 0 bridgehead atoms. The van der Waals surface area contributed by atoms with E-state index in [9.17, 15) is 23.3 Å². The molecule has 8 nitrogen and oxygen atoms in total.